The van der Waals surface area contributed by atoms with Crippen LogP contribution in [0.5, 0.6) is 11.8 Å². The Kier molecular flexibility index (Phi) is 5.90. The van der Waals surface area contributed by atoms with Gasteiger partial charge in [-0.05, 0) is 92.3 Å². The lowest BCUT2D eigenvalue weighted by molar-refractivity contribution is -0.139. The number of carbonyl (C=O) groups is 1. The molecule has 1 aromatic carbocycles. The van der Waals surface area contributed by atoms with E-state index in [0.29, 0.717) is 36.3 Å². The van der Waals surface area contributed by atoms with Crippen molar-refractivity contribution in [2.75, 3.05) is 6.61 Å². The van der Waals surface area contributed by atoms with Crippen LogP contribution in [0.15, 0.2) is 36.5 Å². The van der Waals surface area contributed by atoms with Crippen LogP contribution in [0.1, 0.15) is 53.6 Å². The zero-order chi connectivity index (χ0) is 26.8. The van der Waals surface area contributed by atoms with Gasteiger partial charge in [-0.1, -0.05) is 0 Å². The fourth-order valence-corrected chi connectivity index (χ4v) is 6.36. The summed E-state index contributed by atoms with van der Waals surface area (Å²) >= 11 is 0. The van der Waals surface area contributed by atoms with E-state index in [1.165, 1.54) is 6.07 Å². The molecule has 0 unspecified atom stereocenters. The van der Waals surface area contributed by atoms with E-state index in [0.717, 1.165) is 46.4 Å². The zero-order valence-corrected chi connectivity index (χ0v) is 21.7. The van der Waals surface area contributed by atoms with Gasteiger partial charge in [0.05, 0.1) is 18.1 Å². The van der Waals surface area contributed by atoms with E-state index >= 15 is 0 Å². The average molecular weight is 519 g/mol. The van der Waals surface area contributed by atoms with Crippen molar-refractivity contribution in [1.82, 2.24) is 9.97 Å². The number of carboxylic acids is 1. The molecule has 2 saturated carbocycles. The molecule has 0 spiro atoms. The van der Waals surface area contributed by atoms with Crippen molar-refractivity contribution < 1.29 is 28.9 Å². The summed E-state index contributed by atoms with van der Waals surface area (Å²) in [6, 6.07) is 8.93. The Morgan fingerprint density at radius 1 is 1.13 bits per heavy atom. The topological polar surface area (TPSA) is 102 Å². The van der Waals surface area contributed by atoms with Gasteiger partial charge in [0.2, 0.25) is 11.8 Å². The van der Waals surface area contributed by atoms with Crippen LogP contribution in [0.25, 0.3) is 11.1 Å². The highest BCUT2D eigenvalue weighted by molar-refractivity contribution is 5.77. The van der Waals surface area contributed by atoms with Crippen LogP contribution in [0.2, 0.25) is 0 Å². The van der Waals surface area contributed by atoms with Crippen molar-refractivity contribution in [2.24, 2.45) is 17.8 Å². The van der Waals surface area contributed by atoms with Crippen LogP contribution in [-0.4, -0.2) is 38.4 Å². The third-order valence-corrected chi connectivity index (χ3v) is 8.31. The number of aryl methyl sites for hydroxylation is 2. The summed E-state index contributed by atoms with van der Waals surface area (Å²) in [5.41, 5.74) is 5.24. The number of nitrogens with zero attached hydrogens (tertiary/aromatic N) is 2. The minimum Gasteiger partial charge on any atom is -0.481 e. The summed E-state index contributed by atoms with van der Waals surface area (Å²) in [7, 11) is 0. The number of aliphatic hydroxyl groups is 1. The molecule has 3 atom stereocenters. The lowest BCUT2D eigenvalue weighted by atomic mass is 9.73. The van der Waals surface area contributed by atoms with E-state index in [2.05, 4.69) is 9.97 Å². The normalized spacial score (nSPS) is 26.8. The first-order valence-corrected chi connectivity index (χ1v) is 13.1. The lowest BCUT2D eigenvalue weighted by Crippen LogP contribution is -2.43. The summed E-state index contributed by atoms with van der Waals surface area (Å²) in [5, 5.41) is 19.2. The molecule has 38 heavy (non-hydrogen) atoms. The molecule has 3 aliphatic rings. The van der Waals surface area contributed by atoms with Gasteiger partial charge in [0.15, 0.2) is 0 Å². The Bertz CT molecular complexity index is 1430. The first-order chi connectivity index (χ1) is 18.1. The summed E-state index contributed by atoms with van der Waals surface area (Å²) in [4.78, 5) is 20.3. The van der Waals surface area contributed by atoms with Crippen LogP contribution in [-0.2, 0) is 17.8 Å². The van der Waals surface area contributed by atoms with Gasteiger partial charge >= 0.3 is 5.97 Å². The van der Waals surface area contributed by atoms with Gasteiger partial charge in [-0.2, -0.15) is 0 Å². The number of pyridine rings is 2. The second kappa shape index (κ2) is 9.05. The number of hydrogen-bond acceptors (Lipinski definition) is 6. The smallest absolute Gasteiger partial charge is 0.307 e. The van der Waals surface area contributed by atoms with E-state index < -0.39 is 11.6 Å². The van der Waals surface area contributed by atoms with Gasteiger partial charge in [-0.3, -0.25) is 4.79 Å². The molecule has 2 fully saturated rings. The lowest BCUT2D eigenvalue weighted by Gasteiger charge is -2.40. The number of aliphatic carboxylic acids is 1. The Hall–Kier alpha value is -3.52. The van der Waals surface area contributed by atoms with E-state index in [1.54, 1.807) is 12.3 Å². The second-order valence-electron chi connectivity index (χ2n) is 11.4. The number of rotatable bonds is 8. The maximum atomic E-state index is 14.9. The van der Waals surface area contributed by atoms with Gasteiger partial charge in [-0.25, -0.2) is 14.4 Å². The number of carboxylic acid groups (broad SMARTS) is 1. The molecule has 198 valence electrons. The number of aromatic nitrogens is 2. The first-order valence-electron chi connectivity index (χ1n) is 13.1. The zero-order valence-electron chi connectivity index (χ0n) is 21.7. The van der Waals surface area contributed by atoms with Gasteiger partial charge in [0.1, 0.15) is 12.4 Å². The number of ether oxygens (including phenoxy) is 2. The first kappa shape index (κ1) is 24.8. The average Bonchev–Trinajstić information content (AvgIpc) is 3.44. The third-order valence-electron chi connectivity index (χ3n) is 8.31. The summed E-state index contributed by atoms with van der Waals surface area (Å²) in [5.74, 6) is 0.107. The summed E-state index contributed by atoms with van der Waals surface area (Å²) in [6.07, 6.45) is 3.89. The van der Waals surface area contributed by atoms with Crippen LogP contribution in [0.3, 0.4) is 0 Å². The predicted octanol–water partition coefficient (Wildman–Crippen LogP) is 4.99. The molecule has 3 aromatic rings. The Balaban J connectivity index is 1.14. The van der Waals surface area contributed by atoms with Crippen molar-refractivity contribution in [2.45, 2.75) is 58.2 Å². The van der Waals surface area contributed by atoms with Gasteiger partial charge in [0, 0.05) is 41.1 Å². The largest absolute Gasteiger partial charge is 0.481 e. The fourth-order valence-electron chi connectivity index (χ4n) is 6.36. The molecule has 0 aliphatic heterocycles. The minimum absolute atomic E-state index is 0.0222. The van der Waals surface area contributed by atoms with Crippen molar-refractivity contribution in [1.29, 1.82) is 0 Å². The van der Waals surface area contributed by atoms with Crippen LogP contribution in [0.4, 0.5) is 4.39 Å². The van der Waals surface area contributed by atoms with E-state index in [9.17, 15) is 19.4 Å². The number of benzene rings is 1. The maximum Gasteiger partial charge on any atom is 0.307 e. The van der Waals surface area contributed by atoms with Crippen molar-refractivity contribution in [3.63, 3.8) is 0 Å². The number of halogens is 1. The molecule has 2 aromatic heterocycles. The number of hydrogen-bond donors (Lipinski definition) is 2. The number of fused-ring (bicyclic) bond motifs is 3. The van der Waals surface area contributed by atoms with Gasteiger partial charge in [0.25, 0.3) is 0 Å². The van der Waals surface area contributed by atoms with Crippen molar-refractivity contribution in [3.05, 3.63) is 70.3 Å². The summed E-state index contributed by atoms with van der Waals surface area (Å²) < 4.78 is 26.6. The highest BCUT2D eigenvalue weighted by Crippen LogP contribution is 2.61. The quantitative estimate of drug-likeness (QED) is 0.433. The Morgan fingerprint density at radius 2 is 1.92 bits per heavy atom. The predicted molar refractivity (Wildman–Crippen MR) is 138 cm³/mol. The molecule has 0 saturated heterocycles. The summed E-state index contributed by atoms with van der Waals surface area (Å²) in [6.45, 7) is 6.16. The Labute approximate surface area is 220 Å². The van der Waals surface area contributed by atoms with Crippen LogP contribution >= 0.6 is 0 Å². The van der Waals surface area contributed by atoms with Crippen LogP contribution < -0.4 is 9.47 Å². The van der Waals surface area contributed by atoms with Gasteiger partial charge in [-0.15, -0.1) is 0 Å². The minimum atomic E-state index is -0.743. The SMILES string of the molecule is Cc1cc(F)c(COc2cc3c(cn2)[C@H]2[C@@H](C3)[C@@H]2C(=O)O)cc1-c1ccc(OC[C@H]2C[C@@](C)(O)C2)nc1C. The monoisotopic (exact) mass is 518 g/mol. The standard InChI is InChI=1S/C30H31FN2O5/c1-15-6-24(31)19(14-38-26-9-18-7-22-27(23(18)12-32-26)28(22)29(34)35)8-21(15)20-4-5-25(33-16(20)2)37-13-17-10-30(3,36)11-17/h4-6,8-9,12,17,22,27-28,36H,7,10-11,13-14H2,1-3H3,(H,34,35)/t17-,22-,27-,28+,30+/m1/s1. The molecule has 8 heteroatoms. The van der Waals surface area contributed by atoms with Crippen LogP contribution in [0, 0.1) is 37.4 Å². The van der Waals surface area contributed by atoms with Gasteiger partial charge < -0.3 is 19.7 Å². The molecular weight excluding hydrogens is 487 g/mol. The molecular formula is C30H31FN2O5. The van der Waals surface area contributed by atoms with Crippen molar-refractivity contribution >= 4 is 5.97 Å². The van der Waals surface area contributed by atoms with E-state index in [1.807, 2.05) is 39.0 Å². The molecule has 0 amide bonds. The highest BCUT2D eigenvalue weighted by atomic mass is 19.1. The van der Waals surface area contributed by atoms with Crippen molar-refractivity contribution in [3.8, 4) is 22.9 Å². The second-order valence-corrected chi connectivity index (χ2v) is 11.4. The van der Waals surface area contributed by atoms with E-state index in [4.69, 9.17) is 9.47 Å². The maximum absolute atomic E-state index is 14.9. The highest BCUT2D eigenvalue weighted by Gasteiger charge is 2.59. The molecule has 2 N–H and O–H groups in total. The fraction of sp³-hybridized carbons (Fsp3) is 0.433. The molecule has 0 radical (unpaired) electrons. The Morgan fingerprint density at radius 3 is 2.63 bits per heavy atom. The molecule has 7 nitrogen and oxygen atoms in total. The molecule has 0 bridgehead atoms. The van der Waals surface area contributed by atoms with E-state index in [-0.39, 0.29) is 30.2 Å². The molecule has 6 rings (SSSR count). The molecule has 2 heterocycles. The third kappa shape index (κ3) is 4.51. The molecule has 3 aliphatic carbocycles.